The SMILES string of the molecule is CC(=O)NC(Cc1c[nH]c2ccccc12)C(=O)Nc1ccc(N2CCNC2=O)cc1. The summed E-state index contributed by atoms with van der Waals surface area (Å²) in [6, 6.07) is 14.0. The number of carbonyl (C=O) groups excluding carboxylic acids is 3. The molecule has 1 fully saturated rings. The summed E-state index contributed by atoms with van der Waals surface area (Å²) in [7, 11) is 0. The first-order valence-corrected chi connectivity index (χ1v) is 9.79. The molecule has 1 aromatic heterocycles. The molecule has 30 heavy (non-hydrogen) atoms. The molecular formula is C22H23N5O3. The molecule has 4 amide bonds. The van der Waals surface area contributed by atoms with E-state index < -0.39 is 6.04 Å². The molecule has 8 nitrogen and oxygen atoms in total. The molecule has 0 radical (unpaired) electrons. The van der Waals surface area contributed by atoms with Crippen molar-refractivity contribution in [1.82, 2.24) is 15.6 Å². The molecule has 2 aromatic carbocycles. The molecule has 2 heterocycles. The molecule has 0 spiro atoms. The maximum atomic E-state index is 12.9. The molecule has 1 saturated heterocycles. The monoisotopic (exact) mass is 405 g/mol. The number of H-pyrrole nitrogens is 1. The van der Waals surface area contributed by atoms with E-state index >= 15 is 0 Å². The van der Waals surface area contributed by atoms with Crippen LogP contribution in [0.25, 0.3) is 10.9 Å². The average molecular weight is 405 g/mol. The summed E-state index contributed by atoms with van der Waals surface area (Å²) >= 11 is 0. The van der Waals surface area contributed by atoms with Gasteiger partial charge in [-0.1, -0.05) is 18.2 Å². The van der Waals surface area contributed by atoms with Crippen LogP contribution in [0.3, 0.4) is 0 Å². The van der Waals surface area contributed by atoms with Crippen molar-refractivity contribution in [2.45, 2.75) is 19.4 Å². The Morgan fingerprint density at radius 1 is 1.13 bits per heavy atom. The zero-order valence-corrected chi connectivity index (χ0v) is 16.6. The molecule has 3 aromatic rings. The van der Waals surface area contributed by atoms with E-state index in [1.54, 1.807) is 29.2 Å². The number of nitrogens with one attached hydrogen (secondary N) is 4. The van der Waals surface area contributed by atoms with Crippen molar-refractivity contribution in [3.63, 3.8) is 0 Å². The van der Waals surface area contributed by atoms with E-state index in [0.29, 0.717) is 25.2 Å². The minimum Gasteiger partial charge on any atom is -0.361 e. The quantitative estimate of drug-likeness (QED) is 0.506. The van der Waals surface area contributed by atoms with Crippen LogP contribution in [-0.4, -0.2) is 42.0 Å². The molecule has 1 aliphatic rings. The Kier molecular flexibility index (Phi) is 5.38. The lowest BCUT2D eigenvalue weighted by Gasteiger charge is -2.18. The van der Waals surface area contributed by atoms with Crippen LogP contribution in [0.2, 0.25) is 0 Å². The highest BCUT2D eigenvalue weighted by molar-refractivity contribution is 5.98. The molecule has 0 aliphatic carbocycles. The first-order valence-electron chi connectivity index (χ1n) is 9.79. The highest BCUT2D eigenvalue weighted by atomic mass is 16.2. The molecule has 0 bridgehead atoms. The van der Waals surface area contributed by atoms with Gasteiger partial charge in [0.05, 0.1) is 0 Å². The molecule has 1 aliphatic heterocycles. The highest BCUT2D eigenvalue weighted by Gasteiger charge is 2.23. The number of anilines is 2. The van der Waals surface area contributed by atoms with Crippen LogP contribution >= 0.6 is 0 Å². The number of amides is 4. The van der Waals surface area contributed by atoms with Crippen LogP contribution in [-0.2, 0) is 16.0 Å². The Bertz CT molecular complexity index is 1090. The smallest absolute Gasteiger partial charge is 0.321 e. The number of carbonyl (C=O) groups is 3. The van der Waals surface area contributed by atoms with Gasteiger partial charge in [-0.05, 0) is 35.9 Å². The second-order valence-corrected chi connectivity index (χ2v) is 7.24. The number of benzene rings is 2. The third-order valence-electron chi connectivity index (χ3n) is 5.10. The van der Waals surface area contributed by atoms with E-state index in [9.17, 15) is 14.4 Å². The first-order chi connectivity index (χ1) is 14.5. The van der Waals surface area contributed by atoms with E-state index in [0.717, 1.165) is 22.2 Å². The molecule has 4 N–H and O–H groups in total. The minimum absolute atomic E-state index is 0.128. The van der Waals surface area contributed by atoms with Gasteiger partial charge in [-0.2, -0.15) is 0 Å². The number of rotatable bonds is 6. The Labute approximate surface area is 173 Å². The van der Waals surface area contributed by atoms with Gasteiger partial charge in [-0.25, -0.2) is 4.79 Å². The van der Waals surface area contributed by atoms with Gasteiger partial charge in [-0.3, -0.25) is 14.5 Å². The van der Waals surface area contributed by atoms with Gasteiger partial charge >= 0.3 is 6.03 Å². The van der Waals surface area contributed by atoms with Crippen molar-refractivity contribution in [1.29, 1.82) is 0 Å². The minimum atomic E-state index is -0.717. The maximum Gasteiger partial charge on any atom is 0.321 e. The van der Waals surface area contributed by atoms with Gasteiger partial charge in [0.25, 0.3) is 0 Å². The molecule has 4 rings (SSSR count). The molecule has 1 atom stereocenters. The van der Waals surface area contributed by atoms with Gasteiger partial charge in [0.2, 0.25) is 11.8 Å². The van der Waals surface area contributed by atoms with Crippen molar-refractivity contribution in [2.75, 3.05) is 23.3 Å². The summed E-state index contributed by atoms with van der Waals surface area (Å²) in [6.07, 6.45) is 2.23. The van der Waals surface area contributed by atoms with Gasteiger partial charge in [0.1, 0.15) is 6.04 Å². The van der Waals surface area contributed by atoms with E-state index in [4.69, 9.17) is 0 Å². The van der Waals surface area contributed by atoms with Crippen LogP contribution in [0.1, 0.15) is 12.5 Å². The van der Waals surface area contributed by atoms with E-state index in [2.05, 4.69) is 20.9 Å². The highest BCUT2D eigenvalue weighted by Crippen LogP contribution is 2.21. The summed E-state index contributed by atoms with van der Waals surface area (Å²) < 4.78 is 0. The largest absolute Gasteiger partial charge is 0.361 e. The number of aromatic amines is 1. The number of urea groups is 1. The fraction of sp³-hybridized carbons (Fsp3) is 0.227. The zero-order valence-electron chi connectivity index (χ0n) is 16.6. The van der Waals surface area contributed by atoms with E-state index in [1.807, 2.05) is 30.5 Å². The van der Waals surface area contributed by atoms with Gasteiger partial charge < -0.3 is 20.9 Å². The van der Waals surface area contributed by atoms with Crippen molar-refractivity contribution >= 4 is 40.1 Å². The summed E-state index contributed by atoms with van der Waals surface area (Å²) in [4.78, 5) is 41.2. The summed E-state index contributed by atoms with van der Waals surface area (Å²) in [6.45, 7) is 2.62. The average Bonchev–Trinajstić information content (AvgIpc) is 3.34. The molecular weight excluding hydrogens is 382 g/mol. The Morgan fingerprint density at radius 3 is 2.60 bits per heavy atom. The molecule has 154 valence electrons. The normalized spacial score (nSPS) is 14.4. The first kappa shape index (κ1) is 19.5. The predicted molar refractivity (Wildman–Crippen MR) is 115 cm³/mol. The summed E-state index contributed by atoms with van der Waals surface area (Å²) in [5.74, 6) is -0.576. The Morgan fingerprint density at radius 2 is 1.90 bits per heavy atom. The number of fused-ring (bicyclic) bond motifs is 1. The summed E-state index contributed by atoms with van der Waals surface area (Å²) in [5.41, 5.74) is 3.30. The number of hydrogen-bond donors (Lipinski definition) is 4. The summed E-state index contributed by atoms with van der Waals surface area (Å²) in [5, 5.41) is 9.37. The number of para-hydroxylation sites is 1. The van der Waals surface area contributed by atoms with Crippen molar-refractivity contribution < 1.29 is 14.4 Å². The number of nitrogens with zero attached hydrogens (tertiary/aromatic N) is 1. The molecule has 8 heteroatoms. The van der Waals surface area contributed by atoms with Crippen molar-refractivity contribution in [2.24, 2.45) is 0 Å². The zero-order chi connectivity index (χ0) is 21.1. The lowest BCUT2D eigenvalue weighted by atomic mass is 10.0. The third kappa shape index (κ3) is 4.12. The fourth-order valence-electron chi connectivity index (χ4n) is 3.65. The van der Waals surface area contributed by atoms with Crippen LogP contribution < -0.4 is 20.9 Å². The van der Waals surface area contributed by atoms with Gasteiger partial charge in [-0.15, -0.1) is 0 Å². The van der Waals surface area contributed by atoms with Gasteiger partial charge in [0, 0.05) is 54.9 Å². The van der Waals surface area contributed by atoms with E-state index in [1.165, 1.54) is 6.92 Å². The maximum absolute atomic E-state index is 12.9. The Hall–Kier alpha value is -3.81. The predicted octanol–water partition coefficient (Wildman–Crippen LogP) is 2.38. The molecule has 1 unspecified atom stereocenters. The van der Waals surface area contributed by atoms with E-state index in [-0.39, 0.29) is 17.8 Å². The lowest BCUT2D eigenvalue weighted by Crippen LogP contribution is -2.44. The fourth-order valence-corrected chi connectivity index (χ4v) is 3.65. The second-order valence-electron chi connectivity index (χ2n) is 7.24. The lowest BCUT2D eigenvalue weighted by molar-refractivity contribution is -0.125. The van der Waals surface area contributed by atoms with Crippen LogP contribution in [0.5, 0.6) is 0 Å². The van der Waals surface area contributed by atoms with Gasteiger partial charge in [0.15, 0.2) is 0 Å². The van der Waals surface area contributed by atoms with Crippen LogP contribution in [0.15, 0.2) is 54.7 Å². The number of hydrogen-bond acceptors (Lipinski definition) is 3. The molecule has 0 saturated carbocycles. The van der Waals surface area contributed by atoms with Crippen LogP contribution in [0.4, 0.5) is 16.2 Å². The standard InChI is InChI=1S/C22H23N5O3/c1-14(28)25-20(12-15-13-24-19-5-3-2-4-18(15)19)21(29)26-16-6-8-17(9-7-16)27-11-10-23-22(27)30/h2-9,13,20,24H,10-12H2,1H3,(H,23,30)(H,25,28)(H,26,29). The van der Waals surface area contributed by atoms with Crippen LogP contribution in [0, 0.1) is 0 Å². The second kappa shape index (κ2) is 8.28. The third-order valence-corrected chi connectivity index (χ3v) is 5.10. The number of aromatic nitrogens is 1. The van der Waals surface area contributed by atoms with Crippen molar-refractivity contribution in [3.05, 3.63) is 60.3 Å². The topological polar surface area (TPSA) is 106 Å². The van der Waals surface area contributed by atoms with Crippen molar-refractivity contribution in [3.8, 4) is 0 Å². The Balaban J connectivity index is 1.48.